The van der Waals surface area contributed by atoms with E-state index < -0.39 is 10.0 Å². The van der Waals surface area contributed by atoms with Gasteiger partial charge in [-0.05, 0) is 27.0 Å². The highest BCUT2D eigenvalue weighted by Crippen LogP contribution is 2.21. The summed E-state index contributed by atoms with van der Waals surface area (Å²) >= 11 is 1.46. The lowest BCUT2D eigenvalue weighted by atomic mass is 10.4. The number of nitrogens with zero attached hydrogens (tertiary/aromatic N) is 2. The fourth-order valence-electron chi connectivity index (χ4n) is 2.00. The number of sulfonamides is 1. The van der Waals surface area contributed by atoms with Gasteiger partial charge in [-0.3, -0.25) is 0 Å². The summed E-state index contributed by atoms with van der Waals surface area (Å²) in [5, 5.41) is 5.69. The smallest absolute Gasteiger partial charge is 0.242 e. The minimum atomic E-state index is -3.55. The largest absolute Gasteiger partial charge is 0.352 e. The van der Waals surface area contributed by atoms with E-state index >= 15 is 0 Å². The van der Waals surface area contributed by atoms with Crippen LogP contribution in [0.4, 0.5) is 0 Å². The van der Waals surface area contributed by atoms with Crippen molar-refractivity contribution in [2.24, 2.45) is 7.05 Å². The third kappa shape index (κ3) is 3.70. The van der Waals surface area contributed by atoms with Crippen LogP contribution in [0.15, 0.2) is 22.5 Å². The van der Waals surface area contributed by atoms with Gasteiger partial charge in [0.05, 0.1) is 10.9 Å². The zero-order valence-corrected chi connectivity index (χ0v) is 14.2. The molecule has 0 bridgehead atoms. The van der Waals surface area contributed by atoms with E-state index in [1.54, 1.807) is 19.2 Å². The lowest BCUT2D eigenvalue weighted by Crippen LogP contribution is -2.26. The normalized spacial score (nSPS) is 13.5. The minimum Gasteiger partial charge on any atom is -0.352 e. The number of hydrogen-bond acceptors (Lipinski definition) is 5. The van der Waals surface area contributed by atoms with Gasteiger partial charge in [0, 0.05) is 36.6 Å². The maximum absolute atomic E-state index is 12.4. The van der Waals surface area contributed by atoms with Crippen LogP contribution in [-0.2, 0) is 23.6 Å². The van der Waals surface area contributed by atoms with Crippen molar-refractivity contribution in [1.29, 1.82) is 0 Å². The van der Waals surface area contributed by atoms with E-state index in [0.29, 0.717) is 6.54 Å². The Morgan fingerprint density at radius 1 is 1.48 bits per heavy atom. The van der Waals surface area contributed by atoms with Crippen LogP contribution in [-0.4, -0.2) is 25.0 Å². The van der Waals surface area contributed by atoms with Gasteiger partial charge in [-0.15, -0.1) is 11.3 Å². The van der Waals surface area contributed by atoms with Gasteiger partial charge in [-0.2, -0.15) is 0 Å². The second kappa shape index (κ2) is 6.27. The van der Waals surface area contributed by atoms with E-state index in [2.05, 4.69) is 15.0 Å². The monoisotopic (exact) mass is 328 g/mol. The van der Waals surface area contributed by atoms with Crippen molar-refractivity contribution in [3.63, 3.8) is 0 Å². The van der Waals surface area contributed by atoms with Crippen molar-refractivity contribution in [3.05, 3.63) is 34.0 Å². The maximum Gasteiger partial charge on any atom is 0.242 e. The maximum atomic E-state index is 12.4. The van der Waals surface area contributed by atoms with Crippen molar-refractivity contribution in [2.45, 2.75) is 31.3 Å². The molecule has 8 heteroatoms. The minimum absolute atomic E-state index is 0.273. The molecular weight excluding hydrogens is 308 g/mol. The van der Waals surface area contributed by atoms with E-state index in [9.17, 15) is 8.42 Å². The average molecular weight is 328 g/mol. The first-order valence-electron chi connectivity index (χ1n) is 6.57. The Balaban J connectivity index is 2.20. The average Bonchev–Trinajstić information content (AvgIpc) is 2.97. The number of nitrogens with one attached hydrogen (secondary N) is 2. The van der Waals surface area contributed by atoms with Gasteiger partial charge in [0.15, 0.2) is 0 Å². The fraction of sp³-hybridized carbons (Fsp3) is 0.462. The predicted octanol–water partition coefficient (Wildman–Crippen LogP) is 1.55. The highest BCUT2D eigenvalue weighted by molar-refractivity contribution is 7.89. The van der Waals surface area contributed by atoms with Crippen molar-refractivity contribution < 1.29 is 8.42 Å². The van der Waals surface area contributed by atoms with E-state index in [1.165, 1.54) is 11.3 Å². The number of thiazole rings is 1. The van der Waals surface area contributed by atoms with Crippen LogP contribution in [0, 0.1) is 6.92 Å². The number of rotatable bonds is 6. The molecule has 6 nitrogen and oxygen atoms in total. The van der Waals surface area contributed by atoms with E-state index in [0.717, 1.165) is 16.4 Å². The molecule has 0 aromatic carbocycles. The number of aryl methyl sites for hydroxylation is 2. The Labute approximate surface area is 129 Å². The van der Waals surface area contributed by atoms with Crippen molar-refractivity contribution >= 4 is 21.4 Å². The van der Waals surface area contributed by atoms with Gasteiger partial charge in [0.25, 0.3) is 0 Å². The summed E-state index contributed by atoms with van der Waals surface area (Å²) in [6.45, 7) is 4.31. The molecule has 2 heterocycles. The van der Waals surface area contributed by atoms with Crippen LogP contribution in [0.3, 0.4) is 0 Å². The fourth-order valence-corrected chi connectivity index (χ4v) is 4.18. The molecule has 0 saturated heterocycles. The lowest BCUT2D eigenvalue weighted by Gasteiger charge is -2.10. The van der Waals surface area contributed by atoms with Gasteiger partial charge in [0.2, 0.25) is 10.0 Å². The zero-order chi connectivity index (χ0) is 15.6. The van der Waals surface area contributed by atoms with Crippen LogP contribution in [0.5, 0.6) is 0 Å². The summed E-state index contributed by atoms with van der Waals surface area (Å²) in [4.78, 5) is 4.59. The highest BCUT2D eigenvalue weighted by Gasteiger charge is 2.22. The molecule has 0 aliphatic heterocycles. The van der Waals surface area contributed by atoms with E-state index in [4.69, 9.17) is 0 Å². The molecule has 21 heavy (non-hydrogen) atoms. The van der Waals surface area contributed by atoms with Crippen LogP contribution in [0.2, 0.25) is 0 Å². The van der Waals surface area contributed by atoms with Crippen LogP contribution in [0.25, 0.3) is 0 Å². The molecule has 0 aliphatic carbocycles. The van der Waals surface area contributed by atoms with Gasteiger partial charge in [-0.25, -0.2) is 18.1 Å². The highest BCUT2D eigenvalue weighted by atomic mass is 32.2. The first-order chi connectivity index (χ1) is 9.83. The van der Waals surface area contributed by atoms with Crippen LogP contribution >= 0.6 is 11.3 Å². The molecule has 0 fully saturated rings. The molecule has 0 aliphatic rings. The van der Waals surface area contributed by atoms with E-state index in [-0.39, 0.29) is 10.9 Å². The first kappa shape index (κ1) is 16.2. The van der Waals surface area contributed by atoms with Crippen LogP contribution in [0.1, 0.15) is 29.4 Å². The molecular formula is C13H20N4O2S2. The Kier molecular flexibility index (Phi) is 4.82. The molecule has 1 atom stereocenters. The summed E-state index contributed by atoms with van der Waals surface area (Å²) in [6, 6.07) is 1.33. The quantitative estimate of drug-likeness (QED) is 0.843. The summed E-state index contributed by atoms with van der Waals surface area (Å²) < 4.78 is 29.3. The van der Waals surface area contributed by atoms with Gasteiger partial charge >= 0.3 is 0 Å². The third-order valence-electron chi connectivity index (χ3n) is 3.09. The molecule has 0 radical (unpaired) electrons. The Hall–Kier alpha value is -1.22. The summed E-state index contributed by atoms with van der Waals surface area (Å²) in [5.74, 6) is 0. The van der Waals surface area contributed by atoms with Crippen LogP contribution < -0.4 is 10.0 Å². The molecule has 0 saturated carbocycles. The summed E-state index contributed by atoms with van der Waals surface area (Å²) in [5.41, 5.74) is 1.81. The van der Waals surface area contributed by atoms with Crippen molar-refractivity contribution in [1.82, 2.24) is 19.6 Å². The van der Waals surface area contributed by atoms with Gasteiger partial charge in [0.1, 0.15) is 5.01 Å². The van der Waals surface area contributed by atoms with Gasteiger partial charge in [-0.1, -0.05) is 0 Å². The molecule has 1 unspecified atom stereocenters. The molecule has 2 N–H and O–H groups in total. The number of aromatic nitrogens is 2. The summed E-state index contributed by atoms with van der Waals surface area (Å²) in [7, 11) is 0.108. The molecule has 2 aromatic rings. The van der Waals surface area contributed by atoms with E-state index in [1.807, 2.05) is 31.0 Å². The first-order valence-corrected chi connectivity index (χ1v) is 8.94. The van der Waals surface area contributed by atoms with Crippen molar-refractivity contribution in [3.8, 4) is 0 Å². The molecule has 116 valence electrons. The Bertz CT molecular complexity index is 718. The van der Waals surface area contributed by atoms with Crippen molar-refractivity contribution in [2.75, 3.05) is 7.05 Å². The lowest BCUT2D eigenvalue weighted by molar-refractivity contribution is 0.566. The summed E-state index contributed by atoms with van der Waals surface area (Å²) in [6.07, 6.45) is 1.62. The Morgan fingerprint density at radius 2 is 2.19 bits per heavy atom. The molecule has 2 rings (SSSR count). The second-order valence-corrected chi connectivity index (χ2v) is 7.58. The topological polar surface area (TPSA) is 76.0 Å². The number of hydrogen-bond donors (Lipinski definition) is 2. The molecule has 0 spiro atoms. The molecule has 0 amide bonds. The SMILES string of the molecule is CNCc1cc(S(=O)(=O)NC(C)c2nc(C)cs2)cn1C. The Morgan fingerprint density at radius 3 is 2.76 bits per heavy atom. The van der Waals surface area contributed by atoms with Gasteiger partial charge < -0.3 is 9.88 Å². The third-order valence-corrected chi connectivity index (χ3v) is 5.74. The molecule has 2 aromatic heterocycles. The standard InChI is InChI=1S/C13H20N4O2S2/c1-9-8-20-13(15-9)10(2)16-21(18,19)12-5-11(6-14-3)17(4)7-12/h5,7-8,10,14,16H,6H2,1-4H3. The zero-order valence-electron chi connectivity index (χ0n) is 12.5. The second-order valence-electron chi connectivity index (χ2n) is 4.98. The predicted molar refractivity (Wildman–Crippen MR) is 83.8 cm³/mol.